The first-order chi connectivity index (χ1) is 16.4. The summed E-state index contributed by atoms with van der Waals surface area (Å²) in [7, 11) is -5.69. The number of benzene rings is 1. The van der Waals surface area contributed by atoms with E-state index in [0.717, 1.165) is 0 Å². The number of carbonyl (C=O) groups is 1. The molecule has 1 saturated carbocycles. The highest BCUT2D eigenvalue weighted by Crippen LogP contribution is 2.53. The van der Waals surface area contributed by atoms with Crippen molar-refractivity contribution in [3.63, 3.8) is 0 Å². The third-order valence-corrected chi connectivity index (χ3v) is 18.0. The smallest absolute Gasteiger partial charge is 0.338 e. The van der Waals surface area contributed by atoms with Gasteiger partial charge in [-0.2, -0.15) is 5.26 Å². The molecule has 2 aliphatic rings. The van der Waals surface area contributed by atoms with Gasteiger partial charge in [-0.05, 0) is 39.9 Å². The molecule has 3 atom stereocenters. The highest BCUT2D eigenvalue weighted by molar-refractivity contribution is 6.84. The van der Waals surface area contributed by atoms with Crippen LogP contribution in [0, 0.1) is 16.7 Å². The van der Waals surface area contributed by atoms with E-state index in [-0.39, 0.29) is 28.8 Å². The molecular formula is C27H41NO5Si2. The van der Waals surface area contributed by atoms with E-state index in [2.05, 4.69) is 68.0 Å². The summed E-state index contributed by atoms with van der Waals surface area (Å²) in [6.07, 6.45) is -0.783. The average molecular weight is 516 g/mol. The number of hydrogen-bond acceptors (Lipinski definition) is 6. The Bertz CT molecular complexity index is 956. The zero-order valence-corrected chi connectivity index (χ0v) is 24.5. The van der Waals surface area contributed by atoms with Crippen LogP contribution in [0.1, 0.15) is 72.2 Å². The van der Waals surface area contributed by atoms with Gasteiger partial charge in [-0.1, -0.05) is 80.2 Å². The molecule has 1 aliphatic carbocycles. The van der Waals surface area contributed by atoms with Gasteiger partial charge in [0.25, 0.3) is 0 Å². The molecule has 0 amide bonds. The Kier molecular flexibility index (Phi) is 8.19. The highest BCUT2D eigenvalue weighted by atomic mass is 28.5. The van der Waals surface area contributed by atoms with Crippen LogP contribution in [0.4, 0.5) is 0 Å². The van der Waals surface area contributed by atoms with E-state index in [1.807, 2.05) is 6.07 Å². The monoisotopic (exact) mass is 515 g/mol. The quantitative estimate of drug-likeness (QED) is 0.240. The lowest BCUT2D eigenvalue weighted by molar-refractivity contribution is 0.0125. The van der Waals surface area contributed by atoms with Crippen LogP contribution in [0.3, 0.4) is 0 Å². The maximum atomic E-state index is 12.9. The third kappa shape index (κ3) is 4.69. The molecule has 0 unspecified atom stereocenters. The maximum Gasteiger partial charge on any atom is 0.338 e. The van der Waals surface area contributed by atoms with Gasteiger partial charge in [0.1, 0.15) is 11.5 Å². The lowest BCUT2D eigenvalue weighted by Crippen LogP contribution is -2.65. The van der Waals surface area contributed by atoms with Crippen molar-refractivity contribution in [2.24, 2.45) is 5.41 Å². The number of hydrogen-bond donors (Lipinski definition) is 0. The summed E-state index contributed by atoms with van der Waals surface area (Å²) < 4.78 is 27.0. The largest absolute Gasteiger partial charge is 0.454 e. The van der Waals surface area contributed by atoms with E-state index in [1.165, 1.54) is 0 Å². The summed E-state index contributed by atoms with van der Waals surface area (Å²) in [5, 5.41) is 10.6. The summed E-state index contributed by atoms with van der Waals surface area (Å²) in [6, 6.07) is 11.4. The summed E-state index contributed by atoms with van der Waals surface area (Å²) in [5.74, 6) is -0.430. The van der Waals surface area contributed by atoms with Gasteiger partial charge in [-0.25, -0.2) is 4.79 Å². The van der Waals surface area contributed by atoms with Crippen LogP contribution in [0.15, 0.2) is 42.5 Å². The van der Waals surface area contributed by atoms with Crippen molar-refractivity contribution < 1.29 is 22.5 Å². The van der Waals surface area contributed by atoms with Gasteiger partial charge in [0.05, 0.1) is 24.3 Å². The second-order valence-electron chi connectivity index (χ2n) is 11.2. The molecule has 2 fully saturated rings. The Morgan fingerprint density at radius 3 is 2.06 bits per heavy atom. The van der Waals surface area contributed by atoms with Crippen molar-refractivity contribution in [1.82, 2.24) is 0 Å². The van der Waals surface area contributed by atoms with Gasteiger partial charge in [-0.15, -0.1) is 0 Å². The van der Waals surface area contributed by atoms with E-state index in [1.54, 1.807) is 24.3 Å². The fourth-order valence-electron chi connectivity index (χ4n) is 5.60. The second kappa shape index (κ2) is 10.3. The van der Waals surface area contributed by atoms with Gasteiger partial charge in [0.15, 0.2) is 0 Å². The molecule has 1 aliphatic heterocycles. The Balaban J connectivity index is 2.07. The SMILES string of the molecule is C=C1[C@H](OC(=O)c2ccccc2)C[C@@H]2O[Si](C(C)C)(C(C)C)O[Si](C(C)C)(C(C)C)OC[C@@]12C#N. The predicted molar refractivity (Wildman–Crippen MR) is 141 cm³/mol. The van der Waals surface area contributed by atoms with Gasteiger partial charge in [-0.3, -0.25) is 0 Å². The Labute approximate surface area is 213 Å². The van der Waals surface area contributed by atoms with E-state index >= 15 is 0 Å². The molecule has 1 heterocycles. The number of esters is 1. The van der Waals surface area contributed by atoms with Crippen LogP contribution in [0.25, 0.3) is 0 Å². The van der Waals surface area contributed by atoms with E-state index in [0.29, 0.717) is 17.6 Å². The Hall–Kier alpha value is -1.77. The molecule has 192 valence electrons. The zero-order valence-electron chi connectivity index (χ0n) is 22.5. The molecule has 0 aromatic heterocycles. The molecule has 3 rings (SSSR count). The lowest BCUT2D eigenvalue weighted by atomic mass is 9.83. The first kappa shape index (κ1) is 27.8. The molecule has 0 radical (unpaired) electrons. The number of rotatable bonds is 6. The van der Waals surface area contributed by atoms with E-state index < -0.39 is 40.7 Å². The number of ether oxygens (including phenoxy) is 1. The molecule has 1 aromatic carbocycles. The van der Waals surface area contributed by atoms with Gasteiger partial charge in [0.2, 0.25) is 0 Å². The summed E-state index contributed by atoms with van der Waals surface area (Å²) in [6.45, 7) is 21.6. The molecular weight excluding hydrogens is 474 g/mol. The van der Waals surface area contributed by atoms with Gasteiger partial charge >= 0.3 is 23.1 Å². The van der Waals surface area contributed by atoms with Crippen molar-refractivity contribution in [3.05, 3.63) is 48.0 Å². The van der Waals surface area contributed by atoms with Crippen LogP contribution in [-0.4, -0.2) is 41.9 Å². The van der Waals surface area contributed by atoms with Gasteiger partial charge < -0.3 is 17.7 Å². The van der Waals surface area contributed by atoms with Crippen molar-refractivity contribution in [3.8, 4) is 6.07 Å². The number of fused-ring (bicyclic) bond motifs is 1. The molecule has 6 nitrogen and oxygen atoms in total. The second-order valence-corrected chi connectivity index (χ2v) is 20.0. The Morgan fingerprint density at radius 2 is 1.57 bits per heavy atom. The minimum Gasteiger partial charge on any atom is -0.454 e. The summed E-state index contributed by atoms with van der Waals surface area (Å²) in [4.78, 5) is 12.9. The van der Waals surface area contributed by atoms with Crippen molar-refractivity contribution >= 4 is 23.1 Å². The van der Waals surface area contributed by atoms with Crippen molar-refractivity contribution in [2.75, 3.05) is 6.61 Å². The molecule has 1 aromatic rings. The fourth-order valence-corrected chi connectivity index (χ4v) is 16.9. The van der Waals surface area contributed by atoms with Crippen LogP contribution < -0.4 is 0 Å². The average Bonchev–Trinajstić information content (AvgIpc) is 3.04. The zero-order chi connectivity index (χ0) is 26.2. The van der Waals surface area contributed by atoms with E-state index in [4.69, 9.17) is 17.7 Å². The molecule has 8 heteroatoms. The van der Waals surface area contributed by atoms with Crippen LogP contribution in [0.2, 0.25) is 22.2 Å². The first-order valence-corrected chi connectivity index (χ1v) is 16.7. The van der Waals surface area contributed by atoms with Crippen LogP contribution >= 0.6 is 0 Å². The Morgan fingerprint density at radius 1 is 1.03 bits per heavy atom. The first-order valence-electron chi connectivity index (χ1n) is 12.7. The molecule has 1 saturated heterocycles. The normalized spacial score (nSPS) is 28.0. The molecule has 35 heavy (non-hydrogen) atoms. The minimum atomic E-state index is -2.89. The van der Waals surface area contributed by atoms with Crippen molar-refractivity contribution in [1.29, 1.82) is 5.26 Å². The summed E-state index contributed by atoms with van der Waals surface area (Å²) in [5.41, 5.74) is 0.550. The topological polar surface area (TPSA) is 77.8 Å². The van der Waals surface area contributed by atoms with E-state index in [9.17, 15) is 10.1 Å². The number of carbonyl (C=O) groups excluding carboxylic acids is 1. The lowest BCUT2D eigenvalue weighted by Gasteiger charge is -2.52. The fraction of sp³-hybridized carbons (Fsp3) is 0.630. The van der Waals surface area contributed by atoms with Crippen molar-refractivity contribution in [2.45, 2.75) is 96.2 Å². The number of nitrogens with zero attached hydrogens (tertiary/aromatic N) is 1. The van der Waals surface area contributed by atoms with Crippen LogP contribution in [-0.2, 0) is 17.7 Å². The molecule has 0 N–H and O–H groups in total. The highest BCUT2D eigenvalue weighted by Gasteiger charge is 2.64. The van der Waals surface area contributed by atoms with Crippen LogP contribution in [0.5, 0.6) is 0 Å². The third-order valence-electron chi connectivity index (χ3n) is 7.79. The minimum absolute atomic E-state index is 0.135. The maximum absolute atomic E-state index is 12.9. The molecule has 0 bridgehead atoms. The van der Waals surface area contributed by atoms with Gasteiger partial charge in [0, 0.05) is 6.42 Å². The standard InChI is InChI=1S/C27H41NO5Si2/c1-18(2)34(19(3)4)30-17-27(16-28)22(9)24(31-26(29)23-13-11-10-12-14-23)15-25(27)32-35(33-34,20(5)6)21(7)8/h10-14,18-21,24-25H,9,15,17H2,1-8H3/t24-,25+,27+/m1/s1. The molecule has 0 spiro atoms. The summed E-state index contributed by atoms with van der Waals surface area (Å²) >= 11 is 0. The number of nitriles is 1. The predicted octanol–water partition coefficient (Wildman–Crippen LogP) is 6.64.